The number of anilines is 1. The number of fused-ring (bicyclic) bond motifs is 1. The fourth-order valence-corrected chi connectivity index (χ4v) is 3.29. The molecule has 2 N–H and O–H groups in total. The summed E-state index contributed by atoms with van der Waals surface area (Å²) in [7, 11) is 0. The minimum atomic E-state index is -0.461. The molecule has 0 amide bonds. The fourth-order valence-electron chi connectivity index (χ4n) is 3.05. The molecule has 0 bridgehead atoms. The van der Waals surface area contributed by atoms with E-state index in [4.69, 9.17) is 16.3 Å². The molecule has 0 aliphatic heterocycles. The van der Waals surface area contributed by atoms with Crippen LogP contribution in [0.3, 0.4) is 0 Å². The van der Waals surface area contributed by atoms with Crippen LogP contribution < -0.4 is 15.4 Å². The largest absolute Gasteiger partial charge is 0.494 e. The molecule has 3 aromatic rings. The molecule has 0 saturated carbocycles. The summed E-state index contributed by atoms with van der Waals surface area (Å²) in [6, 6.07) is 16.7. The highest BCUT2D eigenvalue weighted by molar-refractivity contribution is 6.33. The first-order valence-corrected chi connectivity index (χ1v) is 9.50. The summed E-state index contributed by atoms with van der Waals surface area (Å²) in [5.74, 6) is 0.889. The van der Waals surface area contributed by atoms with Gasteiger partial charge in [0.1, 0.15) is 5.75 Å². The molecule has 0 spiro atoms. The highest BCUT2D eigenvalue weighted by atomic mass is 35.5. The summed E-state index contributed by atoms with van der Waals surface area (Å²) in [6.07, 6.45) is 0. The molecular formula is C21H23Cl2N3O3. The van der Waals surface area contributed by atoms with Gasteiger partial charge in [-0.2, -0.15) is 0 Å². The van der Waals surface area contributed by atoms with Gasteiger partial charge in [-0.3, -0.25) is 10.1 Å². The molecule has 0 aromatic heterocycles. The standard InChI is InChI=1S/C21H22ClN3O3.ClH/c1-2-28-21-10-7-15-5-3-4-6-17(15)18(21)14-23-11-12-24-20-9-8-16(25(26)27)13-19(20)22;/h3-10,13,23-24H,2,11-12,14H2,1H3;1H. The van der Waals surface area contributed by atoms with Gasteiger partial charge in [-0.25, -0.2) is 0 Å². The van der Waals surface area contributed by atoms with Gasteiger partial charge in [-0.1, -0.05) is 41.9 Å². The van der Waals surface area contributed by atoms with Crippen molar-refractivity contribution >= 4 is 46.2 Å². The third-order valence-corrected chi connectivity index (χ3v) is 4.69. The van der Waals surface area contributed by atoms with Gasteiger partial charge in [-0.05, 0) is 29.8 Å². The van der Waals surface area contributed by atoms with Crippen molar-refractivity contribution in [1.29, 1.82) is 0 Å². The third-order valence-electron chi connectivity index (χ3n) is 4.38. The number of nitrogens with zero attached hydrogens (tertiary/aromatic N) is 1. The predicted octanol–water partition coefficient (Wildman–Crippen LogP) is 5.42. The Morgan fingerprint density at radius 1 is 1.10 bits per heavy atom. The molecule has 0 aliphatic carbocycles. The van der Waals surface area contributed by atoms with E-state index in [0.717, 1.165) is 11.3 Å². The number of non-ortho nitro benzene ring substituents is 1. The first-order valence-electron chi connectivity index (χ1n) is 9.12. The van der Waals surface area contributed by atoms with E-state index in [1.165, 1.54) is 22.9 Å². The molecule has 29 heavy (non-hydrogen) atoms. The summed E-state index contributed by atoms with van der Waals surface area (Å²) in [5.41, 5.74) is 1.79. The van der Waals surface area contributed by atoms with Crippen molar-refractivity contribution in [1.82, 2.24) is 5.32 Å². The molecule has 6 nitrogen and oxygen atoms in total. The normalized spacial score (nSPS) is 10.4. The monoisotopic (exact) mass is 435 g/mol. The van der Waals surface area contributed by atoms with Crippen LogP contribution in [-0.4, -0.2) is 24.6 Å². The zero-order valence-corrected chi connectivity index (χ0v) is 17.6. The quantitative estimate of drug-likeness (QED) is 0.266. The van der Waals surface area contributed by atoms with E-state index in [-0.39, 0.29) is 18.1 Å². The molecule has 3 rings (SSSR count). The van der Waals surface area contributed by atoms with Gasteiger partial charge < -0.3 is 15.4 Å². The second-order valence-corrected chi connectivity index (χ2v) is 6.63. The third kappa shape index (κ3) is 5.73. The molecule has 0 unspecified atom stereocenters. The van der Waals surface area contributed by atoms with Crippen LogP contribution in [-0.2, 0) is 6.54 Å². The Kier molecular flexibility index (Phi) is 8.51. The fraction of sp³-hybridized carbons (Fsp3) is 0.238. The van der Waals surface area contributed by atoms with E-state index < -0.39 is 4.92 Å². The maximum atomic E-state index is 10.8. The molecule has 0 heterocycles. The van der Waals surface area contributed by atoms with Gasteiger partial charge in [0, 0.05) is 37.3 Å². The Morgan fingerprint density at radius 3 is 2.62 bits per heavy atom. The lowest BCUT2D eigenvalue weighted by molar-refractivity contribution is -0.384. The molecule has 0 radical (unpaired) electrons. The van der Waals surface area contributed by atoms with E-state index in [1.807, 2.05) is 25.1 Å². The Bertz CT molecular complexity index is 983. The van der Waals surface area contributed by atoms with Crippen molar-refractivity contribution in [3.8, 4) is 5.75 Å². The van der Waals surface area contributed by atoms with Crippen LogP contribution >= 0.6 is 24.0 Å². The second kappa shape index (κ2) is 10.9. The van der Waals surface area contributed by atoms with Crippen LogP contribution in [0.25, 0.3) is 10.8 Å². The van der Waals surface area contributed by atoms with E-state index in [2.05, 4.69) is 28.8 Å². The minimum absolute atomic E-state index is 0. The van der Waals surface area contributed by atoms with Crippen LogP contribution in [0.1, 0.15) is 12.5 Å². The Morgan fingerprint density at radius 2 is 1.90 bits per heavy atom. The Hall–Kier alpha value is -2.54. The van der Waals surface area contributed by atoms with Gasteiger partial charge in [0.25, 0.3) is 5.69 Å². The van der Waals surface area contributed by atoms with Gasteiger partial charge in [-0.15, -0.1) is 12.4 Å². The number of nitrogens with one attached hydrogen (secondary N) is 2. The molecule has 0 atom stereocenters. The average molecular weight is 436 g/mol. The zero-order valence-electron chi connectivity index (χ0n) is 16.0. The second-order valence-electron chi connectivity index (χ2n) is 6.22. The molecule has 0 saturated heterocycles. The Labute approximate surface area is 180 Å². The molecule has 0 fully saturated rings. The van der Waals surface area contributed by atoms with Gasteiger partial charge in [0.15, 0.2) is 0 Å². The lowest BCUT2D eigenvalue weighted by atomic mass is 10.0. The number of halogens is 2. The van der Waals surface area contributed by atoms with E-state index in [0.29, 0.717) is 37.0 Å². The van der Waals surface area contributed by atoms with Crippen molar-refractivity contribution < 1.29 is 9.66 Å². The van der Waals surface area contributed by atoms with Crippen molar-refractivity contribution in [3.05, 3.63) is 75.3 Å². The molecule has 154 valence electrons. The summed E-state index contributed by atoms with van der Waals surface area (Å²) in [6.45, 7) is 4.59. The lowest BCUT2D eigenvalue weighted by Gasteiger charge is -2.15. The molecule has 3 aromatic carbocycles. The SMILES string of the molecule is CCOc1ccc2ccccc2c1CNCCNc1ccc([N+](=O)[O-])cc1Cl.Cl. The number of nitro benzene ring substituents is 1. The van der Waals surface area contributed by atoms with Crippen LogP contribution in [0.2, 0.25) is 5.02 Å². The van der Waals surface area contributed by atoms with Crippen molar-refractivity contribution in [2.24, 2.45) is 0 Å². The first kappa shape index (κ1) is 22.7. The lowest BCUT2D eigenvalue weighted by Crippen LogP contribution is -2.22. The van der Waals surface area contributed by atoms with Crippen molar-refractivity contribution in [3.63, 3.8) is 0 Å². The smallest absolute Gasteiger partial charge is 0.271 e. The predicted molar refractivity (Wildman–Crippen MR) is 121 cm³/mol. The summed E-state index contributed by atoms with van der Waals surface area (Å²) in [4.78, 5) is 10.3. The number of ether oxygens (including phenoxy) is 1. The highest BCUT2D eigenvalue weighted by Gasteiger charge is 2.10. The van der Waals surface area contributed by atoms with Crippen LogP contribution in [0.15, 0.2) is 54.6 Å². The van der Waals surface area contributed by atoms with Crippen molar-refractivity contribution in [2.45, 2.75) is 13.5 Å². The zero-order chi connectivity index (χ0) is 19.9. The van der Waals surface area contributed by atoms with E-state index >= 15 is 0 Å². The summed E-state index contributed by atoms with van der Waals surface area (Å²) in [5, 5.41) is 20.1. The number of hydrogen-bond acceptors (Lipinski definition) is 5. The number of nitro groups is 1. The average Bonchev–Trinajstić information content (AvgIpc) is 2.70. The topological polar surface area (TPSA) is 76.4 Å². The van der Waals surface area contributed by atoms with Gasteiger partial charge in [0.2, 0.25) is 0 Å². The van der Waals surface area contributed by atoms with E-state index in [1.54, 1.807) is 6.07 Å². The first-order chi connectivity index (χ1) is 13.6. The maximum Gasteiger partial charge on any atom is 0.271 e. The van der Waals surface area contributed by atoms with Crippen molar-refractivity contribution in [2.75, 3.05) is 25.0 Å². The van der Waals surface area contributed by atoms with E-state index in [9.17, 15) is 10.1 Å². The van der Waals surface area contributed by atoms with Gasteiger partial charge in [0.05, 0.1) is 22.2 Å². The summed E-state index contributed by atoms with van der Waals surface area (Å²) < 4.78 is 5.79. The number of rotatable bonds is 9. The van der Waals surface area contributed by atoms with Crippen LogP contribution in [0.5, 0.6) is 5.75 Å². The number of benzene rings is 3. The van der Waals surface area contributed by atoms with Crippen LogP contribution in [0.4, 0.5) is 11.4 Å². The highest BCUT2D eigenvalue weighted by Crippen LogP contribution is 2.28. The van der Waals surface area contributed by atoms with Gasteiger partial charge >= 0.3 is 0 Å². The molecule has 8 heteroatoms. The Balaban J connectivity index is 0.00000300. The number of hydrogen-bond donors (Lipinski definition) is 2. The minimum Gasteiger partial charge on any atom is -0.494 e. The van der Waals surface area contributed by atoms with Crippen LogP contribution in [0, 0.1) is 10.1 Å². The summed E-state index contributed by atoms with van der Waals surface area (Å²) >= 11 is 6.10. The maximum absolute atomic E-state index is 10.8. The molecule has 0 aliphatic rings. The molecular weight excluding hydrogens is 413 g/mol.